The molecule has 1 aliphatic heterocycles. The van der Waals surface area contributed by atoms with Gasteiger partial charge in [0.2, 0.25) is 5.95 Å². The van der Waals surface area contributed by atoms with Crippen LogP contribution in [0.2, 0.25) is 0 Å². The molecule has 2 aromatic rings. The second-order valence-corrected chi connectivity index (χ2v) is 7.11. The summed E-state index contributed by atoms with van der Waals surface area (Å²) in [6.45, 7) is 6.44. The van der Waals surface area contributed by atoms with Crippen LogP contribution in [0.4, 0.5) is 10.3 Å². The van der Waals surface area contributed by atoms with Crippen LogP contribution in [0.25, 0.3) is 11.0 Å². The van der Waals surface area contributed by atoms with Gasteiger partial charge in [-0.25, -0.2) is 9.37 Å². The number of nitrogens with two attached hydrogens (primary N) is 1. The minimum absolute atomic E-state index is 0.212. The average Bonchev–Trinajstić information content (AvgIpc) is 3.01. The van der Waals surface area contributed by atoms with E-state index in [1.807, 2.05) is 27.2 Å². The molecule has 0 aliphatic carbocycles. The summed E-state index contributed by atoms with van der Waals surface area (Å²) in [5.41, 5.74) is 7.58. The lowest BCUT2D eigenvalue weighted by molar-refractivity contribution is 0.273. The van der Waals surface area contributed by atoms with Crippen molar-refractivity contribution in [3.8, 4) is 0 Å². The molecule has 0 saturated carbocycles. The Morgan fingerprint density at radius 1 is 1.33 bits per heavy atom. The van der Waals surface area contributed by atoms with Crippen LogP contribution in [0.3, 0.4) is 0 Å². The number of halogens is 2. The predicted octanol–water partition coefficient (Wildman–Crippen LogP) is 3.09. The highest BCUT2D eigenvalue weighted by Gasteiger charge is 2.17. The standard InChI is InChI=1S/C15H20FIN4/c1-10(8-20-4-2-3-5-20)9-21-14-6-11(16)12(17)7-13(14)19-15(21)18/h6-7,10H,2-5,8-9H2,1H3,(H2,18,19). The zero-order valence-corrected chi connectivity index (χ0v) is 14.3. The van der Waals surface area contributed by atoms with Gasteiger partial charge in [0.15, 0.2) is 0 Å². The summed E-state index contributed by atoms with van der Waals surface area (Å²) < 4.78 is 16.3. The van der Waals surface area contributed by atoms with E-state index in [0.717, 1.165) is 24.1 Å². The molecule has 4 nitrogen and oxygen atoms in total. The summed E-state index contributed by atoms with van der Waals surface area (Å²) in [6.07, 6.45) is 2.60. The van der Waals surface area contributed by atoms with Gasteiger partial charge in [-0.15, -0.1) is 0 Å². The molecule has 21 heavy (non-hydrogen) atoms. The second-order valence-electron chi connectivity index (χ2n) is 5.95. The molecular formula is C15H20FIN4. The van der Waals surface area contributed by atoms with E-state index in [-0.39, 0.29) is 5.82 Å². The number of aromatic nitrogens is 2. The van der Waals surface area contributed by atoms with Crippen molar-refractivity contribution in [3.63, 3.8) is 0 Å². The lowest BCUT2D eigenvalue weighted by Gasteiger charge is -2.21. The van der Waals surface area contributed by atoms with Crippen LogP contribution in [0.15, 0.2) is 12.1 Å². The van der Waals surface area contributed by atoms with E-state index >= 15 is 0 Å². The molecule has 1 aliphatic rings. The topological polar surface area (TPSA) is 47.1 Å². The fourth-order valence-corrected chi connectivity index (χ4v) is 3.56. The first kappa shape index (κ1) is 15.0. The summed E-state index contributed by atoms with van der Waals surface area (Å²) in [4.78, 5) is 6.85. The first-order chi connectivity index (χ1) is 10.0. The van der Waals surface area contributed by atoms with Crippen molar-refractivity contribution in [2.45, 2.75) is 26.3 Å². The van der Waals surface area contributed by atoms with Crippen molar-refractivity contribution in [1.82, 2.24) is 14.5 Å². The van der Waals surface area contributed by atoms with Crippen LogP contribution < -0.4 is 5.73 Å². The molecule has 114 valence electrons. The molecular weight excluding hydrogens is 382 g/mol. The number of likely N-dealkylation sites (tertiary alicyclic amines) is 1. The van der Waals surface area contributed by atoms with Crippen molar-refractivity contribution >= 4 is 39.6 Å². The van der Waals surface area contributed by atoms with Crippen molar-refractivity contribution < 1.29 is 4.39 Å². The van der Waals surface area contributed by atoms with E-state index in [0.29, 0.717) is 15.4 Å². The van der Waals surface area contributed by atoms with Crippen molar-refractivity contribution in [2.24, 2.45) is 5.92 Å². The van der Waals surface area contributed by atoms with Crippen LogP contribution in [0.5, 0.6) is 0 Å². The number of hydrogen-bond acceptors (Lipinski definition) is 3. The predicted molar refractivity (Wildman–Crippen MR) is 91.7 cm³/mol. The number of imidazole rings is 1. The van der Waals surface area contributed by atoms with Crippen LogP contribution in [-0.2, 0) is 6.54 Å². The maximum Gasteiger partial charge on any atom is 0.201 e. The van der Waals surface area contributed by atoms with Crippen molar-refractivity contribution in [2.75, 3.05) is 25.4 Å². The Morgan fingerprint density at radius 2 is 2.05 bits per heavy atom. The third-order valence-corrected chi connectivity index (χ3v) is 4.91. The number of anilines is 1. The summed E-state index contributed by atoms with van der Waals surface area (Å²) in [5.74, 6) is 0.723. The van der Waals surface area contributed by atoms with Gasteiger partial charge in [-0.3, -0.25) is 0 Å². The number of rotatable bonds is 4. The Labute approximate surface area is 137 Å². The smallest absolute Gasteiger partial charge is 0.201 e. The molecule has 1 fully saturated rings. The molecule has 0 radical (unpaired) electrons. The maximum absolute atomic E-state index is 13.8. The van der Waals surface area contributed by atoms with Gasteiger partial charge in [-0.2, -0.15) is 0 Å². The number of benzene rings is 1. The minimum atomic E-state index is -0.212. The average molecular weight is 402 g/mol. The summed E-state index contributed by atoms with van der Waals surface area (Å²) in [6, 6.07) is 3.30. The third-order valence-electron chi connectivity index (χ3n) is 4.08. The lowest BCUT2D eigenvalue weighted by atomic mass is 10.1. The molecule has 3 rings (SSSR count). The van der Waals surface area contributed by atoms with Gasteiger partial charge >= 0.3 is 0 Å². The minimum Gasteiger partial charge on any atom is -0.369 e. The molecule has 0 spiro atoms. The molecule has 0 bridgehead atoms. The monoisotopic (exact) mass is 402 g/mol. The zero-order valence-electron chi connectivity index (χ0n) is 12.1. The van der Waals surface area contributed by atoms with Crippen LogP contribution in [-0.4, -0.2) is 34.1 Å². The molecule has 6 heteroatoms. The van der Waals surface area contributed by atoms with Crippen LogP contribution >= 0.6 is 22.6 Å². The maximum atomic E-state index is 13.8. The molecule has 1 aromatic carbocycles. The molecule has 1 atom stereocenters. The van der Waals surface area contributed by atoms with Gasteiger partial charge in [-0.05, 0) is 60.5 Å². The fourth-order valence-electron chi connectivity index (χ4n) is 3.11. The Morgan fingerprint density at radius 3 is 2.76 bits per heavy atom. The Bertz CT molecular complexity index is 649. The SMILES string of the molecule is CC(CN1CCCC1)Cn1c(N)nc2cc(I)c(F)cc21. The highest BCUT2D eigenvalue weighted by Crippen LogP contribution is 2.24. The normalized spacial score (nSPS) is 17.7. The number of nitrogens with zero attached hydrogens (tertiary/aromatic N) is 3. The van der Waals surface area contributed by atoms with E-state index in [1.165, 1.54) is 25.9 Å². The van der Waals surface area contributed by atoms with E-state index in [2.05, 4.69) is 16.8 Å². The molecule has 0 amide bonds. The van der Waals surface area contributed by atoms with Gasteiger partial charge in [0, 0.05) is 19.2 Å². The van der Waals surface area contributed by atoms with Crippen molar-refractivity contribution in [1.29, 1.82) is 0 Å². The molecule has 2 N–H and O–H groups in total. The second kappa shape index (κ2) is 6.08. The Hall–Kier alpha value is -0.890. The quantitative estimate of drug-likeness (QED) is 0.800. The highest BCUT2D eigenvalue weighted by molar-refractivity contribution is 14.1. The summed E-state index contributed by atoms with van der Waals surface area (Å²) >= 11 is 1.98. The molecule has 2 heterocycles. The Kier molecular flexibility index (Phi) is 4.35. The molecule has 1 saturated heterocycles. The van der Waals surface area contributed by atoms with Gasteiger partial charge in [-0.1, -0.05) is 6.92 Å². The van der Waals surface area contributed by atoms with Gasteiger partial charge in [0.1, 0.15) is 5.82 Å². The fraction of sp³-hybridized carbons (Fsp3) is 0.533. The van der Waals surface area contributed by atoms with Gasteiger partial charge in [0.25, 0.3) is 0 Å². The van der Waals surface area contributed by atoms with Crippen LogP contribution in [0, 0.1) is 15.3 Å². The van der Waals surface area contributed by atoms with E-state index in [1.54, 1.807) is 12.1 Å². The Balaban J connectivity index is 1.82. The number of hydrogen-bond donors (Lipinski definition) is 1. The molecule has 1 aromatic heterocycles. The number of fused-ring (bicyclic) bond motifs is 1. The van der Waals surface area contributed by atoms with Gasteiger partial charge in [0.05, 0.1) is 14.6 Å². The lowest BCUT2D eigenvalue weighted by Crippen LogP contribution is -2.27. The highest BCUT2D eigenvalue weighted by atomic mass is 127. The van der Waals surface area contributed by atoms with E-state index < -0.39 is 0 Å². The number of nitrogen functional groups attached to an aromatic ring is 1. The van der Waals surface area contributed by atoms with Crippen molar-refractivity contribution in [3.05, 3.63) is 21.5 Å². The first-order valence-corrected chi connectivity index (χ1v) is 8.45. The van der Waals surface area contributed by atoms with E-state index in [4.69, 9.17) is 5.73 Å². The summed E-state index contributed by atoms with van der Waals surface area (Å²) in [5, 5.41) is 0. The van der Waals surface area contributed by atoms with E-state index in [9.17, 15) is 4.39 Å². The first-order valence-electron chi connectivity index (χ1n) is 7.37. The molecule has 1 unspecified atom stereocenters. The van der Waals surface area contributed by atoms with Gasteiger partial charge < -0.3 is 15.2 Å². The van der Waals surface area contributed by atoms with Crippen LogP contribution in [0.1, 0.15) is 19.8 Å². The zero-order chi connectivity index (χ0) is 15.0. The third kappa shape index (κ3) is 3.15. The largest absolute Gasteiger partial charge is 0.369 e. The summed E-state index contributed by atoms with van der Waals surface area (Å²) in [7, 11) is 0.